The molecule has 1 fully saturated rings. The number of aryl methyl sites for hydroxylation is 1. The third kappa shape index (κ3) is 2.27. The van der Waals surface area contributed by atoms with Gasteiger partial charge in [-0.3, -0.25) is 0 Å². The summed E-state index contributed by atoms with van der Waals surface area (Å²) in [5.41, 5.74) is 0.904. The van der Waals surface area contributed by atoms with E-state index < -0.39 is 16.1 Å². The van der Waals surface area contributed by atoms with E-state index in [9.17, 15) is 8.42 Å². The van der Waals surface area contributed by atoms with Crippen LogP contribution in [0.1, 0.15) is 18.4 Å². The van der Waals surface area contributed by atoms with Crippen LogP contribution in [-0.2, 0) is 10.0 Å². The monoisotopic (exact) mass is 334 g/mol. The fourth-order valence-electron chi connectivity index (χ4n) is 1.83. The van der Waals surface area contributed by atoms with Gasteiger partial charge in [-0.05, 0) is 47.3 Å². The minimum Gasteiger partial charge on any atom is -0.206 e. The van der Waals surface area contributed by atoms with Crippen molar-refractivity contribution in [2.45, 2.75) is 30.0 Å². The number of rotatable bonds is 2. The Balaban J connectivity index is 2.40. The smallest absolute Gasteiger partial charge is 0.206 e. The molecule has 0 aliphatic carbocycles. The van der Waals surface area contributed by atoms with E-state index in [1.54, 1.807) is 6.07 Å². The van der Waals surface area contributed by atoms with E-state index in [2.05, 4.69) is 22.0 Å². The third-order valence-electron chi connectivity index (χ3n) is 2.75. The Morgan fingerprint density at radius 1 is 1.65 bits per heavy atom. The molecule has 7 heteroatoms. The fraction of sp³-hybridized carbons (Fsp3) is 0.500. The van der Waals surface area contributed by atoms with Crippen LogP contribution in [0, 0.1) is 18.3 Å². The van der Waals surface area contributed by atoms with Crippen LogP contribution in [0.25, 0.3) is 0 Å². The van der Waals surface area contributed by atoms with Crippen molar-refractivity contribution in [3.05, 3.63) is 15.4 Å². The molecule has 1 saturated heterocycles. The number of nitrogens with zero attached hydrogens (tertiary/aromatic N) is 2. The topological polar surface area (TPSA) is 61.2 Å². The first-order valence-corrected chi connectivity index (χ1v) is 8.19. The average Bonchev–Trinajstić information content (AvgIpc) is 2.86. The molecule has 0 N–H and O–H groups in total. The second-order valence-electron chi connectivity index (χ2n) is 3.93. The van der Waals surface area contributed by atoms with Gasteiger partial charge < -0.3 is 0 Å². The Labute approximate surface area is 113 Å². The Morgan fingerprint density at radius 2 is 2.35 bits per heavy atom. The number of hydrogen-bond acceptors (Lipinski definition) is 4. The van der Waals surface area contributed by atoms with E-state index in [1.165, 1.54) is 15.6 Å². The summed E-state index contributed by atoms with van der Waals surface area (Å²) in [4.78, 5) is 0. The summed E-state index contributed by atoms with van der Waals surface area (Å²) in [7, 11) is -3.50. The molecule has 1 aliphatic heterocycles. The van der Waals surface area contributed by atoms with Gasteiger partial charge in [0.25, 0.3) is 10.0 Å². The van der Waals surface area contributed by atoms with Crippen LogP contribution in [0.2, 0.25) is 0 Å². The van der Waals surface area contributed by atoms with Crippen LogP contribution in [0.5, 0.6) is 0 Å². The summed E-state index contributed by atoms with van der Waals surface area (Å²) in [5.74, 6) is 0. The van der Waals surface area contributed by atoms with Crippen LogP contribution in [0.15, 0.2) is 14.1 Å². The lowest BCUT2D eigenvalue weighted by Crippen LogP contribution is -2.34. The van der Waals surface area contributed by atoms with Crippen molar-refractivity contribution in [3.8, 4) is 6.07 Å². The van der Waals surface area contributed by atoms with Gasteiger partial charge in [0.15, 0.2) is 0 Å². The highest BCUT2D eigenvalue weighted by molar-refractivity contribution is 9.11. The number of sulfonamides is 1. The molecular formula is C10H11BrN2O2S2. The van der Waals surface area contributed by atoms with Crippen LogP contribution in [0.4, 0.5) is 0 Å². The van der Waals surface area contributed by atoms with Crippen molar-refractivity contribution in [1.29, 1.82) is 5.26 Å². The molecule has 0 bridgehead atoms. The molecule has 2 rings (SSSR count). The van der Waals surface area contributed by atoms with Crippen molar-refractivity contribution < 1.29 is 8.42 Å². The minimum atomic E-state index is -3.50. The van der Waals surface area contributed by atoms with Crippen molar-refractivity contribution in [2.24, 2.45) is 0 Å². The molecule has 17 heavy (non-hydrogen) atoms. The lowest BCUT2D eigenvalue weighted by Gasteiger charge is -2.17. The minimum absolute atomic E-state index is 0.309. The number of halogens is 1. The molecule has 0 amide bonds. The van der Waals surface area contributed by atoms with Crippen LogP contribution in [0.3, 0.4) is 0 Å². The van der Waals surface area contributed by atoms with Crippen molar-refractivity contribution >= 4 is 37.3 Å². The number of thiophene rings is 1. The summed E-state index contributed by atoms with van der Waals surface area (Å²) in [6.07, 6.45) is 1.38. The normalized spacial score (nSPS) is 21.6. The molecule has 1 aromatic rings. The summed E-state index contributed by atoms with van der Waals surface area (Å²) >= 11 is 4.52. The molecular weight excluding hydrogens is 324 g/mol. The quantitative estimate of drug-likeness (QED) is 0.834. The Bertz CT molecular complexity index is 554. The first-order valence-electron chi connectivity index (χ1n) is 5.14. The molecule has 4 nitrogen and oxygen atoms in total. The Hall–Kier alpha value is -0.420. The van der Waals surface area contributed by atoms with Crippen LogP contribution in [-0.4, -0.2) is 25.3 Å². The molecule has 0 aromatic carbocycles. The highest BCUT2D eigenvalue weighted by Gasteiger charge is 2.36. The predicted octanol–water partition coefficient (Wildman–Crippen LogP) is 2.50. The molecule has 0 saturated carbocycles. The fourth-order valence-corrected chi connectivity index (χ4v) is 5.80. The molecule has 1 unspecified atom stereocenters. The van der Waals surface area contributed by atoms with Crippen LogP contribution < -0.4 is 0 Å². The average molecular weight is 335 g/mol. The summed E-state index contributed by atoms with van der Waals surface area (Å²) in [6.45, 7) is 2.29. The third-order valence-corrected chi connectivity index (χ3v) is 7.24. The number of nitriles is 1. The summed E-state index contributed by atoms with van der Waals surface area (Å²) < 4.78 is 27.1. The van der Waals surface area contributed by atoms with E-state index in [0.717, 1.165) is 15.8 Å². The lowest BCUT2D eigenvalue weighted by molar-refractivity contribution is 0.439. The molecule has 1 atom stereocenters. The zero-order valence-electron chi connectivity index (χ0n) is 9.18. The summed E-state index contributed by atoms with van der Waals surface area (Å²) in [5, 5.41) is 8.94. The highest BCUT2D eigenvalue weighted by Crippen LogP contribution is 2.34. The zero-order chi connectivity index (χ0) is 12.6. The van der Waals surface area contributed by atoms with Gasteiger partial charge in [0.05, 0.1) is 9.86 Å². The highest BCUT2D eigenvalue weighted by atomic mass is 79.9. The standard InChI is InChI=1S/C10H11BrN2O2S2/c1-7-5-9(16-10(7)11)17(14,15)13-4-2-3-8(13)6-12/h5,8H,2-4H2,1H3. The summed E-state index contributed by atoms with van der Waals surface area (Å²) in [6, 6.07) is 3.19. The van der Waals surface area contributed by atoms with Crippen molar-refractivity contribution in [2.75, 3.05) is 6.54 Å². The van der Waals surface area contributed by atoms with Gasteiger partial charge >= 0.3 is 0 Å². The van der Waals surface area contributed by atoms with Gasteiger partial charge in [-0.2, -0.15) is 9.57 Å². The Kier molecular flexibility index (Phi) is 3.59. The molecule has 0 radical (unpaired) electrons. The first-order chi connectivity index (χ1) is 7.96. The van der Waals surface area contributed by atoms with Gasteiger partial charge in [0.2, 0.25) is 0 Å². The molecule has 0 spiro atoms. The van der Waals surface area contributed by atoms with Gasteiger partial charge in [-0.25, -0.2) is 8.42 Å². The zero-order valence-corrected chi connectivity index (χ0v) is 12.4. The number of hydrogen-bond donors (Lipinski definition) is 0. The molecule has 92 valence electrons. The largest absolute Gasteiger partial charge is 0.253 e. The van der Waals surface area contributed by atoms with E-state index >= 15 is 0 Å². The maximum Gasteiger partial charge on any atom is 0.253 e. The second kappa shape index (κ2) is 4.69. The maximum atomic E-state index is 12.3. The second-order valence-corrected chi connectivity index (χ2v) is 8.41. The van der Waals surface area contributed by atoms with Crippen molar-refractivity contribution in [1.82, 2.24) is 4.31 Å². The van der Waals surface area contributed by atoms with E-state index in [1.807, 2.05) is 6.92 Å². The van der Waals surface area contributed by atoms with Gasteiger partial charge in [0.1, 0.15) is 10.3 Å². The Morgan fingerprint density at radius 3 is 2.88 bits per heavy atom. The molecule has 1 aromatic heterocycles. The van der Waals surface area contributed by atoms with Crippen LogP contribution >= 0.6 is 27.3 Å². The lowest BCUT2D eigenvalue weighted by atomic mass is 10.2. The van der Waals surface area contributed by atoms with Gasteiger partial charge in [-0.15, -0.1) is 11.3 Å². The molecule has 1 aliphatic rings. The predicted molar refractivity (Wildman–Crippen MR) is 69.3 cm³/mol. The maximum absolute atomic E-state index is 12.3. The van der Waals surface area contributed by atoms with E-state index in [0.29, 0.717) is 17.2 Å². The van der Waals surface area contributed by atoms with Gasteiger partial charge in [-0.1, -0.05) is 0 Å². The van der Waals surface area contributed by atoms with Gasteiger partial charge in [0, 0.05) is 6.54 Å². The van der Waals surface area contributed by atoms with Crippen molar-refractivity contribution in [3.63, 3.8) is 0 Å². The van der Waals surface area contributed by atoms with E-state index in [4.69, 9.17) is 5.26 Å². The first kappa shape index (κ1) is 13.0. The SMILES string of the molecule is Cc1cc(S(=O)(=O)N2CCCC2C#N)sc1Br. The molecule has 2 heterocycles. The van der Waals surface area contributed by atoms with E-state index in [-0.39, 0.29) is 0 Å².